The number of hydrogen-bond donors (Lipinski definition) is 2. The summed E-state index contributed by atoms with van der Waals surface area (Å²) in [7, 11) is 0. The van der Waals surface area contributed by atoms with E-state index in [4.69, 9.17) is 11.0 Å². The highest BCUT2D eigenvalue weighted by molar-refractivity contribution is 5.92. The van der Waals surface area contributed by atoms with E-state index in [2.05, 4.69) is 30.2 Å². The van der Waals surface area contributed by atoms with Gasteiger partial charge >= 0.3 is 0 Å². The second-order valence-electron chi connectivity index (χ2n) is 4.94. The van der Waals surface area contributed by atoms with Crippen molar-refractivity contribution in [2.75, 3.05) is 5.32 Å². The van der Waals surface area contributed by atoms with Crippen molar-refractivity contribution in [2.45, 2.75) is 20.4 Å². The molecule has 2 aromatic carbocycles. The quantitative estimate of drug-likeness (QED) is 0.669. The van der Waals surface area contributed by atoms with Gasteiger partial charge in [-0.25, -0.2) is 4.99 Å². The maximum atomic E-state index is 8.86. The third-order valence-electron chi connectivity index (χ3n) is 3.27. The number of nitrogens with one attached hydrogen (secondary N) is 1. The minimum Gasteiger partial charge on any atom is -0.370 e. The van der Waals surface area contributed by atoms with E-state index in [0.29, 0.717) is 18.1 Å². The Morgan fingerprint density at radius 3 is 2.71 bits per heavy atom. The molecule has 0 saturated heterocycles. The molecular formula is C17H18N4. The van der Waals surface area contributed by atoms with Crippen LogP contribution in [-0.4, -0.2) is 5.96 Å². The highest BCUT2D eigenvalue weighted by Crippen LogP contribution is 2.14. The Labute approximate surface area is 124 Å². The minimum absolute atomic E-state index is 0.362. The van der Waals surface area contributed by atoms with Crippen LogP contribution in [0.2, 0.25) is 0 Å². The van der Waals surface area contributed by atoms with Gasteiger partial charge in [0.15, 0.2) is 5.96 Å². The number of aryl methyl sites for hydroxylation is 2. The Kier molecular flexibility index (Phi) is 4.57. The molecule has 2 aromatic rings. The molecule has 0 bridgehead atoms. The highest BCUT2D eigenvalue weighted by Gasteiger charge is 1.99. The van der Waals surface area contributed by atoms with E-state index in [-0.39, 0.29) is 0 Å². The summed E-state index contributed by atoms with van der Waals surface area (Å²) in [6, 6.07) is 15.5. The van der Waals surface area contributed by atoms with Gasteiger partial charge in [0.1, 0.15) is 0 Å². The Morgan fingerprint density at radius 2 is 2.00 bits per heavy atom. The molecule has 0 radical (unpaired) electrons. The van der Waals surface area contributed by atoms with Crippen molar-refractivity contribution in [3.05, 3.63) is 64.7 Å². The molecule has 0 aliphatic carbocycles. The molecule has 21 heavy (non-hydrogen) atoms. The third-order valence-corrected chi connectivity index (χ3v) is 3.27. The number of nitrogens with two attached hydrogens (primary N) is 1. The lowest BCUT2D eigenvalue weighted by Crippen LogP contribution is -2.22. The monoisotopic (exact) mass is 278 g/mol. The van der Waals surface area contributed by atoms with E-state index in [9.17, 15) is 0 Å². The van der Waals surface area contributed by atoms with E-state index in [0.717, 1.165) is 11.3 Å². The molecule has 0 saturated carbocycles. The molecule has 0 aromatic heterocycles. The molecule has 0 aliphatic heterocycles. The van der Waals surface area contributed by atoms with Gasteiger partial charge in [0.25, 0.3) is 0 Å². The van der Waals surface area contributed by atoms with Crippen LogP contribution in [0.25, 0.3) is 0 Å². The van der Waals surface area contributed by atoms with Gasteiger partial charge in [-0.15, -0.1) is 0 Å². The molecule has 0 spiro atoms. The number of aliphatic imine (C=N–C) groups is 1. The van der Waals surface area contributed by atoms with Crippen LogP contribution < -0.4 is 11.1 Å². The van der Waals surface area contributed by atoms with E-state index in [1.807, 2.05) is 36.4 Å². The summed E-state index contributed by atoms with van der Waals surface area (Å²) in [5.74, 6) is 0.362. The molecule has 0 atom stereocenters. The van der Waals surface area contributed by atoms with Crippen molar-refractivity contribution < 1.29 is 0 Å². The van der Waals surface area contributed by atoms with Crippen LogP contribution >= 0.6 is 0 Å². The average molecular weight is 278 g/mol. The number of rotatable bonds is 3. The molecule has 0 fully saturated rings. The van der Waals surface area contributed by atoms with Gasteiger partial charge < -0.3 is 11.1 Å². The smallest absolute Gasteiger partial charge is 0.193 e. The SMILES string of the molecule is Cc1ccc(NC(N)=NCc2cccc(C#N)c2)cc1C. The zero-order valence-corrected chi connectivity index (χ0v) is 12.2. The van der Waals surface area contributed by atoms with Crippen molar-refractivity contribution in [1.82, 2.24) is 0 Å². The molecule has 4 nitrogen and oxygen atoms in total. The van der Waals surface area contributed by atoms with Gasteiger partial charge in [0, 0.05) is 5.69 Å². The molecule has 0 aliphatic rings. The molecule has 0 amide bonds. The molecule has 0 unspecified atom stereocenters. The lowest BCUT2D eigenvalue weighted by molar-refractivity contribution is 1.06. The molecule has 0 heterocycles. The largest absolute Gasteiger partial charge is 0.370 e. The fraction of sp³-hybridized carbons (Fsp3) is 0.176. The number of benzene rings is 2. The highest BCUT2D eigenvalue weighted by atomic mass is 15.1. The molecular weight excluding hydrogens is 260 g/mol. The first kappa shape index (κ1) is 14.6. The van der Waals surface area contributed by atoms with Gasteiger partial charge in [0.2, 0.25) is 0 Å². The molecule has 3 N–H and O–H groups in total. The number of guanidine groups is 1. The van der Waals surface area contributed by atoms with Crippen LogP contribution in [0.15, 0.2) is 47.5 Å². The Hall–Kier alpha value is -2.80. The van der Waals surface area contributed by atoms with Crippen LogP contribution in [0.5, 0.6) is 0 Å². The van der Waals surface area contributed by atoms with E-state index in [1.54, 1.807) is 6.07 Å². The zero-order valence-electron chi connectivity index (χ0n) is 12.2. The summed E-state index contributed by atoms with van der Waals surface area (Å²) < 4.78 is 0. The second kappa shape index (κ2) is 6.58. The lowest BCUT2D eigenvalue weighted by atomic mass is 10.1. The maximum absolute atomic E-state index is 8.86. The summed E-state index contributed by atoms with van der Waals surface area (Å²) in [5, 5.41) is 11.9. The number of nitrogens with zero attached hydrogens (tertiary/aromatic N) is 2. The molecule has 106 valence electrons. The van der Waals surface area contributed by atoms with Crippen molar-refractivity contribution >= 4 is 11.6 Å². The zero-order chi connectivity index (χ0) is 15.2. The summed E-state index contributed by atoms with van der Waals surface area (Å²) >= 11 is 0. The Morgan fingerprint density at radius 1 is 1.19 bits per heavy atom. The van der Waals surface area contributed by atoms with Crippen LogP contribution in [0, 0.1) is 25.2 Å². The molecule has 2 rings (SSSR count). The predicted octanol–water partition coefficient (Wildman–Crippen LogP) is 3.10. The summed E-state index contributed by atoms with van der Waals surface area (Å²) in [6.07, 6.45) is 0. The minimum atomic E-state index is 0.362. The van der Waals surface area contributed by atoms with E-state index < -0.39 is 0 Å². The van der Waals surface area contributed by atoms with Crippen molar-refractivity contribution in [3.8, 4) is 6.07 Å². The summed E-state index contributed by atoms with van der Waals surface area (Å²) in [4.78, 5) is 4.29. The number of hydrogen-bond acceptors (Lipinski definition) is 2. The fourth-order valence-electron chi connectivity index (χ4n) is 1.92. The number of nitriles is 1. The standard InChI is InChI=1S/C17H18N4/c1-12-6-7-16(8-13(12)2)21-17(19)20-11-15-5-3-4-14(9-15)10-18/h3-9H,11H2,1-2H3,(H3,19,20,21). The van der Waals surface area contributed by atoms with Gasteiger partial charge in [-0.05, 0) is 54.8 Å². The first-order valence-electron chi connectivity index (χ1n) is 6.72. The van der Waals surface area contributed by atoms with E-state index >= 15 is 0 Å². The predicted molar refractivity (Wildman–Crippen MR) is 86.0 cm³/mol. The van der Waals surface area contributed by atoms with Crippen LogP contribution in [0.1, 0.15) is 22.3 Å². The van der Waals surface area contributed by atoms with Crippen LogP contribution in [0.3, 0.4) is 0 Å². The second-order valence-corrected chi connectivity index (χ2v) is 4.94. The maximum Gasteiger partial charge on any atom is 0.193 e. The van der Waals surface area contributed by atoms with Crippen molar-refractivity contribution in [3.63, 3.8) is 0 Å². The van der Waals surface area contributed by atoms with E-state index in [1.165, 1.54) is 11.1 Å². The van der Waals surface area contributed by atoms with Crippen molar-refractivity contribution in [2.24, 2.45) is 10.7 Å². The van der Waals surface area contributed by atoms with Gasteiger partial charge in [-0.1, -0.05) is 18.2 Å². The summed E-state index contributed by atoms with van der Waals surface area (Å²) in [5.41, 5.74) is 10.8. The first-order chi connectivity index (χ1) is 10.1. The van der Waals surface area contributed by atoms with Crippen LogP contribution in [0.4, 0.5) is 5.69 Å². The first-order valence-corrected chi connectivity index (χ1v) is 6.72. The van der Waals surface area contributed by atoms with Gasteiger partial charge in [-0.2, -0.15) is 5.26 Å². The number of anilines is 1. The fourth-order valence-corrected chi connectivity index (χ4v) is 1.92. The summed E-state index contributed by atoms with van der Waals surface area (Å²) in [6.45, 7) is 4.57. The third kappa shape index (κ3) is 4.08. The van der Waals surface area contributed by atoms with Crippen molar-refractivity contribution in [1.29, 1.82) is 5.26 Å². The Bertz CT molecular complexity index is 711. The topological polar surface area (TPSA) is 74.2 Å². The van der Waals surface area contributed by atoms with Crippen LogP contribution in [-0.2, 0) is 6.54 Å². The average Bonchev–Trinajstić information content (AvgIpc) is 2.49. The van der Waals surface area contributed by atoms with Gasteiger partial charge in [0.05, 0.1) is 18.2 Å². The lowest BCUT2D eigenvalue weighted by Gasteiger charge is -2.08. The Balaban J connectivity index is 2.04. The van der Waals surface area contributed by atoms with Gasteiger partial charge in [-0.3, -0.25) is 0 Å². The normalized spacial score (nSPS) is 11.0. The molecule has 4 heteroatoms.